The van der Waals surface area contributed by atoms with Gasteiger partial charge in [-0.05, 0) is 273 Å². The predicted octanol–water partition coefficient (Wildman–Crippen LogP) is 31.1. The molecule has 0 radical (unpaired) electrons. The van der Waals surface area contributed by atoms with Gasteiger partial charge >= 0.3 is 0 Å². The molecule has 122 heavy (non-hydrogen) atoms. The number of nitrogens with zero attached hydrogens (tertiary/aromatic N) is 6. The van der Waals surface area contributed by atoms with E-state index in [1.165, 1.54) is 78.0 Å². The maximum Gasteiger partial charge on any atom is 0.120 e. The highest BCUT2D eigenvalue weighted by Crippen LogP contribution is 2.45. The summed E-state index contributed by atoms with van der Waals surface area (Å²) in [4.78, 5) is 13.6. The third-order valence-electron chi connectivity index (χ3n) is 22.0. The molecule has 0 heterocycles. The summed E-state index contributed by atoms with van der Waals surface area (Å²) in [5.74, 6) is 1.69. The number of hydrogen-bond acceptors (Lipinski definition) is 8. The average molecular weight is 1580 g/mol. The Hall–Kier alpha value is -15.6. The number of anilines is 15. The number of ether oxygens (including phenoxy) is 2. The van der Waals surface area contributed by atoms with Gasteiger partial charge < -0.3 is 38.9 Å². The van der Waals surface area contributed by atoms with Crippen LogP contribution in [-0.2, 0) is 0 Å². The van der Waals surface area contributed by atoms with Gasteiger partial charge in [0.2, 0.25) is 0 Å². The number of aryl methyl sites for hydroxylation is 1. The summed E-state index contributed by atoms with van der Waals surface area (Å²) < 4.78 is 10.8. The van der Waals surface area contributed by atoms with Gasteiger partial charge in [0.1, 0.15) is 11.5 Å². The SMILES string of the molecule is COc1ccc(N(C)c2ccc(N(c3cccc(-c4ccccc4)c3)c3cccc(-c4ccccc4)c3)cc2)cc1.COc1cccc(N(C)c2ccc(N(c3cccc(-c4ccccc4)c3)c3cccc(-c4ccccc4)c3)cc2)c1.Cc1cccc(N(C)c2ccc(N(c3cccc(-c4ccccc4)c3)c3cccc(-c4ccccc4)c3)cc2)c1. The van der Waals surface area contributed by atoms with E-state index >= 15 is 0 Å². The van der Waals surface area contributed by atoms with Gasteiger partial charge in [0.05, 0.1) is 14.2 Å². The molecule has 0 bridgehead atoms. The molecule has 0 saturated heterocycles. The van der Waals surface area contributed by atoms with Crippen molar-refractivity contribution in [1.82, 2.24) is 0 Å². The molecule has 0 unspecified atom stereocenters. The second-order valence-corrected chi connectivity index (χ2v) is 30.0. The molecule has 8 nitrogen and oxygen atoms in total. The van der Waals surface area contributed by atoms with Crippen LogP contribution in [0.2, 0.25) is 0 Å². The van der Waals surface area contributed by atoms with Crippen LogP contribution in [0, 0.1) is 6.92 Å². The van der Waals surface area contributed by atoms with Crippen LogP contribution < -0.4 is 38.9 Å². The fraction of sp³-hybridized carbons (Fsp3) is 0.0526. The van der Waals surface area contributed by atoms with Gasteiger partial charge in [-0.3, -0.25) is 0 Å². The number of benzene rings is 18. The van der Waals surface area contributed by atoms with Crippen molar-refractivity contribution in [2.45, 2.75) is 6.92 Å². The van der Waals surface area contributed by atoms with Crippen LogP contribution in [0.15, 0.2) is 473 Å². The first-order valence-electron chi connectivity index (χ1n) is 41.2. The quantitative estimate of drug-likeness (QED) is 0.0627. The molecule has 8 heteroatoms. The molecular weight excluding hydrogens is 1490 g/mol. The van der Waals surface area contributed by atoms with E-state index in [2.05, 4.69) is 500 Å². The van der Waals surface area contributed by atoms with Crippen molar-refractivity contribution in [2.24, 2.45) is 0 Å². The molecule has 0 amide bonds. The number of hydrogen-bond donors (Lipinski definition) is 0. The molecule has 0 spiro atoms. The number of rotatable bonds is 23. The summed E-state index contributed by atoms with van der Waals surface area (Å²) in [6.45, 7) is 2.13. The molecule has 0 atom stereocenters. The zero-order valence-electron chi connectivity index (χ0n) is 69.5. The first-order chi connectivity index (χ1) is 60.0. The lowest BCUT2D eigenvalue weighted by Crippen LogP contribution is -2.12. The zero-order valence-corrected chi connectivity index (χ0v) is 69.5. The Balaban J connectivity index is 0.000000136. The topological polar surface area (TPSA) is 37.9 Å². The maximum atomic E-state index is 5.44. The molecule has 0 N–H and O–H groups in total. The van der Waals surface area contributed by atoms with Gasteiger partial charge in [0, 0.05) is 113 Å². The highest BCUT2D eigenvalue weighted by atomic mass is 16.5. The van der Waals surface area contributed by atoms with Crippen LogP contribution in [0.5, 0.6) is 11.5 Å². The normalized spacial score (nSPS) is 10.7. The molecule has 0 aliphatic rings. The van der Waals surface area contributed by atoms with Crippen LogP contribution in [0.3, 0.4) is 0 Å². The van der Waals surface area contributed by atoms with E-state index in [0.29, 0.717) is 0 Å². The molecule has 0 fully saturated rings. The number of methoxy groups -OCH3 is 2. The van der Waals surface area contributed by atoms with E-state index in [-0.39, 0.29) is 0 Å². The Labute approximate surface area is 718 Å². The van der Waals surface area contributed by atoms with E-state index in [1.54, 1.807) is 14.2 Å². The van der Waals surface area contributed by atoms with Crippen molar-refractivity contribution in [2.75, 3.05) is 64.8 Å². The molecule has 0 aromatic heterocycles. The Morgan fingerprint density at radius 3 is 0.590 bits per heavy atom. The average Bonchev–Trinajstić information content (AvgIpc) is 0.795. The zero-order chi connectivity index (χ0) is 83.4. The first kappa shape index (κ1) is 80.2. The Morgan fingerprint density at radius 2 is 0.344 bits per heavy atom. The molecular formula is C114H96N6O2. The molecule has 0 aliphatic heterocycles. The summed E-state index contributed by atoms with van der Waals surface area (Å²) in [5.41, 5.74) is 32.2. The van der Waals surface area contributed by atoms with E-state index < -0.39 is 0 Å². The van der Waals surface area contributed by atoms with Crippen molar-refractivity contribution in [3.63, 3.8) is 0 Å². The molecule has 18 aromatic rings. The second-order valence-electron chi connectivity index (χ2n) is 30.0. The van der Waals surface area contributed by atoms with Gasteiger partial charge in [-0.1, -0.05) is 273 Å². The lowest BCUT2D eigenvalue weighted by atomic mass is 10.0. The summed E-state index contributed by atoms with van der Waals surface area (Å²) in [6, 6.07) is 167. The molecule has 0 aliphatic carbocycles. The lowest BCUT2D eigenvalue weighted by molar-refractivity contribution is 0.415. The fourth-order valence-electron chi connectivity index (χ4n) is 15.5. The van der Waals surface area contributed by atoms with E-state index in [9.17, 15) is 0 Å². The highest BCUT2D eigenvalue weighted by Gasteiger charge is 2.21. The van der Waals surface area contributed by atoms with Gasteiger partial charge in [-0.2, -0.15) is 0 Å². The van der Waals surface area contributed by atoms with Crippen molar-refractivity contribution in [1.29, 1.82) is 0 Å². The Morgan fingerprint density at radius 1 is 0.148 bits per heavy atom. The molecule has 594 valence electrons. The van der Waals surface area contributed by atoms with E-state index in [1.807, 2.05) is 30.3 Å². The van der Waals surface area contributed by atoms with Crippen LogP contribution >= 0.6 is 0 Å². The highest BCUT2D eigenvalue weighted by molar-refractivity contribution is 5.88. The van der Waals surface area contributed by atoms with Crippen molar-refractivity contribution in [3.05, 3.63) is 479 Å². The third-order valence-corrected chi connectivity index (χ3v) is 22.0. The largest absolute Gasteiger partial charge is 0.497 e. The molecule has 18 rings (SSSR count). The summed E-state index contributed by atoms with van der Waals surface area (Å²) in [6.07, 6.45) is 0. The van der Waals surface area contributed by atoms with Crippen LogP contribution in [0.25, 0.3) is 66.8 Å². The van der Waals surface area contributed by atoms with Crippen LogP contribution in [0.4, 0.5) is 85.3 Å². The summed E-state index contributed by atoms with van der Waals surface area (Å²) in [7, 11) is 9.67. The summed E-state index contributed by atoms with van der Waals surface area (Å²) >= 11 is 0. The lowest BCUT2D eigenvalue weighted by Gasteiger charge is -2.27. The minimum Gasteiger partial charge on any atom is -0.497 e. The standard InChI is InChI=1S/2C38H32N2O.C38H32N2/c1-39(35-18-11-21-38(28-35)41-2)33-22-24-34(25-23-33)40(36-19-9-16-31(26-36)29-12-5-3-6-13-29)37-20-10-17-32(27-37)30-14-7-4-8-15-30;1-39(34-23-25-38(41-2)26-24-34)33-19-21-35(22-20-33)40(36-17-9-15-31(27-36)29-11-5-3-6-12-29)37-18-10-16-32(28-37)30-13-7-4-8-14-30;1-29-12-9-19-36(26-29)39(2)34-22-24-35(25-23-34)40(37-20-10-17-32(27-37)30-13-5-3-6-14-30)38-21-11-18-33(28-38)31-15-7-4-8-16-31/h2*3-28H,1-2H3;3-28H,1-2H3. The monoisotopic (exact) mass is 1580 g/mol. The Kier molecular flexibility index (Phi) is 25.4. The molecule has 18 aromatic carbocycles. The van der Waals surface area contributed by atoms with Crippen LogP contribution in [-0.4, -0.2) is 35.4 Å². The predicted molar refractivity (Wildman–Crippen MR) is 517 cm³/mol. The van der Waals surface area contributed by atoms with Gasteiger partial charge in [-0.25, -0.2) is 0 Å². The Bertz CT molecular complexity index is 6150. The summed E-state index contributed by atoms with van der Waals surface area (Å²) in [5, 5.41) is 0. The minimum absolute atomic E-state index is 0.841. The van der Waals surface area contributed by atoms with Crippen molar-refractivity contribution < 1.29 is 9.47 Å². The van der Waals surface area contributed by atoms with Crippen molar-refractivity contribution in [3.8, 4) is 78.3 Å². The van der Waals surface area contributed by atoms with E-state index in [0.717, 1.165) is 91.1 Å². The van der Waals surface area contributed by atoms with Crippen LogP contribution in [0.1, 0.15) is 5.56 Å². The second kappa shape index (κ2) is 38.6. The van der Waals surface area contributed by atoms with Gasteiger partial charge in [0.25, 0.3) is 0 Å². The smallest absolute Gasteiger partial charge is 0.120 e. The molecule has 0 saturated carbocycles. The third kappa shape index (κ3) is 19.3. The van der Waals surface area contributed by atoms with Gasteiger partial charge in [0.15, 0.2) is 0 Å². The minimum atomic E-state index is 0.841. The first-order valence-corrected chi connectivity index (χ1v) is 41.2. The maximum absolute atomic E-state index is 5.44. The van der Waals surface area contributed by atoms with Crippen molar-refractivity contribution >= 4 is 85.3 Å². The van der Waals surface area contributed by atoms with Gasteiger partial charge in [-0.15, -0.1) is 0 Å². The fourth-order valence-corrected chi connectivity index (χ4v) is 15.5. The van der Waals surface area contributed by atoms with E-state index in [4.69, 9.17) is 9.47 Å².